The first-order valence-electron chi connectivity index (χ1n) is 7.25. The first-order chi connectivity index (χ1) is 11.1. The molecule has 0 bridgehead atoms. The Bertz CT molecular complexity index is 797. The zero-order chi connectivity index (χ0) is 16.2. The third-order valence-electron chi connectivity index (χ3n) is 4.70. The summed E-state index contributed by atoms with van der Waals surface area (Å²) >= 11 is 7.32. The molecular formula is C17H12ClNO3S. The number of thiophene rings is 1. The summed E-state index contributed by atoms with van der Waals surface area (Å²) in [4.78, 5) is 39.0. The molecule has 0 spiro atoms. The maximum absolute atomic E-state index is 12.4. The van der Waals surface area contributed by atoms with E-state index in [9.17, 15) is 14.4 Å². The Hall–Kier alpha value is -1.98. The van der Waals surface area contributed by atoms with Crippen LogP contribution in [0.15, 0.2) is 41.8 Å². The number of amides is 2. The minimum Gasteiger partial charge on any atom is -0.280 e. The van der Waals surface area contributed by atoms with Crippen LogP contribution in [0.1, 0.15) is 32.0 Å². The lowest BCUT2D eigenvalue weighted by Gasteiger charge is -2.16. The predicted octanol–water partition coefficient (Wildman–Crippen LogP) is 3.07. The predicted molar refractivity (Wildman–Crippen MR) is 86.8 cm³/mol. The SMILES string of the molecule is O=C1c2ccccc2C(=O)N1C[C@@H]1C[C@@]1(C(=O)Cl)c1cccs1. The van der Waals surface area contributed by atoms with Crippen LogP contribution in [0.3, 0.4) is 0 Å². The smallest absolute Gasteiger partial charge is 0.261 e. The average molecular weight is 346 g/mol. The average Bonchev–Trinajstić information content (AvgIpc) is 2.91. The molecule has 2 aromatic rings. The Kier molecular flexibility index (Phi) is 3.18. The quantitative estimate of drug-likeness (QED) is 0.632. The maximum atomic E-state index is 12.4. The largest absolute Gasteiger partial charge is 0.280 e. The van der Waals surface area contributed by atoms with Crippen molar-refractivity contribution in [3.8, 4) is 0 Å². The summed E-state index contributed by atoms with van der Waals surface area (Å²) in [6, 6.07) is 10.5. The first kappa shape index (κ1) is 14.6. The number of rotatable bonds is 4. The normalized spacial score (nSPS) is 25.6. The highest BCUT2D eigenvalue weighted by atomic mass is 35.5. The van der Waals surface area contributed by atoms with E-state index < -0.39 is 10.7 Å². The molecule has 4 nitrogen and oxygen atoms in total. The van der Waals surface area contributed by atoms with Gasteiger partial charge in [0.1, 0.15) is 0 Å². The third-order valence-corrected chi connectivity index (χ3v) is 6.08. The topological polar surface area (TPSA) is 54.5 Å². The van der Waals surface area contributed by atoms with Crippen LogP contribution in [0.5, 0.6) is 0 Å². The van der Waals surface area contributed by atoms with E-state index in [1.54, 1.807) is 24.3 Å². The number of carbonyl (C=O) groups is 3. The van der Waals surface area contributed by atoms with Crippen LogP contribution in [0, 0.1) is 5.92 Å². The highest BCUT2D eigenvalue weighted by Gasteiger charge is 2.62. The number of nitrogens with zero attached hydrogens (tertiary/aromatic N) is 1. The summed E-state index contributed by atoms with van der Waals surface area (Å²) in [6.45, 7) is 0.225. The molecule has 1 aliphatic heterocycles. The summed E-state index contributed by atoms with van der Waals surface area (Å²) in [5, 5.41) is 1.48. The number of hydrogen-bond acceptors (Lipinski definition) is 4. The lowest BCUT2D eigenvalue weighted by Crippen LogP contribution is -2.34. The van der Waals surface area contributed by atoms with Crippen LogP contribution in [-0.2, 0) is 10.2 Å². The van der Waals surface area contributed by atoms with Gasteiger partial charge in [0, 0.05) is 11.4 Å². The molecule has 23 heavy (non-hydrogen) atoms. The Labute approximate surface area is 141 Å². The first-order valence-corrected chi connectivity index (χ1v) is 8.50. The van der Waals surface area contributed by atoms with E-state index in [0.717, 1.165) is 4.88 Å². The molecule has 2 aliphatic rings. The molecule has 0 unspecified atom stereocenters. The zero-order valence-electron chi connectivity index (χ0n) is 12.0. The molecule has 0 N–H and O–H groups in total. The molecule has 1 saturated carbocycles. The second-order valence-electron chi connectivity index (χ2n) is 5.89. The second kappa shape index (κ2) is 5.01. The van der Waals surface area contributed by atoms with Gasteiger partial charge in [0.25, 0.3) is 11.8 Å². The molecular weight excluding hydrogens is 334 g/mol. The molecule has 1 aromatic heterocycles. The number of halogens is 1. The molecule has 2 atom stereocenters. The van der Waals surface area contributed by atoms with E-state index in [-0.39, 0.29) is 24.3 Å². The molecule has 1 aromatic carbocycles. The summed E-state index contributed by atoms with van der Waals surface area (Å²) in [5.74, 6) is -0.701. The number of hydrogen-bond donors (Lipinski definition) is 0. The molecule has 6 heteroatoms. The minimum absolute atomic E-state index is 0.117. The van der Waals surface area contributed by atoms with E-state index >= 15 is 0 Å². The van der Waals surface area contributed by atoms with Crippen LogP contribution in [0.4, 0.5) is 0 Å². The Morgan fingerprint density at radius 1 is 1.17 bits per heavy atom. The van der Waals surface area contributed by atoms with E-state index in [0.29, 0.717) is 17.5 Å². The van der Waals surface area contributed by atoms with Gasteiger partial charge in [0.2, 0.25) is 5.24 Å². The van der Waals surface area contributed by atoms with Gasteiger partial charge in [-0.1, -0.05) is 18.2 Å². The molecule has 1 fully saturated rings. The summed E-state index contributed by atoms with van der Waals surface area (Å²) < 4.78 is 0. The number of imide groups is 1. The van der Waals surface area contributed by atoms with E-state index in [4.69, 9.17) is 11.6 Å². The number of benzene rings is 1. The van der Waals surface area contributed by atoms with Crippen molar-refractivity contribution in [3.05, 3.63) is 57.8 Å². The molecule has 0 radical (unpaired) electrons. The zero-order valence-corrected chi connectivity index (χ0v) is 13.6. The van der Waals surface area contributed by atoms with Gasteiger partial charge in [0.15, 0.2) is 0 Å². The molecule has 1 aliphatic carbocycles. The fraction of sp³-hybridized carbons (Fsp3) is 0.235. The van der Waals surface area contributed by atoms with Crippen molar-refractivity contribution in [2.45, 2.75) is 11.8 Å². The Morgan fingerprint density at radius 3 is 2.35 bits per heavy atom. The van der Waals surface area contributed by atoms with Crippen molar-refractivity contribution in [2.24, 2.45) is 5.92 Å². The molecule has 116 valence electrons. The minimum atomic E-state index is -0.745. The summed E-state index contributed by atoms with van der Waals surface area (Å²) in [7, 11) is 0. The lowest BCUT2D eigenvalue weighted by atomic mass is 10.0. The van der Waals surface area contributed by atoms with Gasteiger partial charge in [-0.2, -0.15) is 0 Å². The molecule has 2 amide bonds. The number of carbonyl (C=O) groups excluding carboxylic acids is 3. The monoisotopic (exact) mass is 345 g/mol. The highest BCUT2D eigenvalue weighted by molar-refractivity contribution is 7.10. The van der Waals surface area contributed by atoms with Crippen LogP contribution in [0.25, 0.3) is 0 Å². The van der Waals surface area contributed by atoms with Crippen molar-refractivity contribution in [1.29, 1.82) is 0 Å². The summed E-state index contributed by atoms with van der Waals surface area (Å²) in [5.41, 5.74) is 0.111. The van der Waals surface area contributed by atoms with Crippen molar-refractivity contribution in [3.63, 3.8) is 0 Å². The fourth-order valence-corrected chi connectivity index (χ4v) is 4.75. The summed E-state index contributed by atoms with van der Waals surface area (Å²) in [6.07, 6.45) is 0.573. The molecule has 0 saturated heterocycles. The lowest BCUT2D eigenvalue weighted by molar-refractivity contribution is -0.114. The highest BCUT2D eigenvalue weighted by Crippen LogP contribution is 2.57. The van der Waals surface area contributed by atoms with Gasteiger partial charge in [0.05, 0.1) is 16.5 Å². The van der Waals surface area contributed by atoms with Gasteiger partial charge in [-0.05, 0) is 47.5 Å². The van der Waals surface area contributed by atoms with Crippen molar-refractivity contribution in [2.75, 3.05) is 6.54 Å². The molecule has 2 heterocycles. The van der Waals surface area contributed by atoms with Crippen LogP contribution in [0.2, 0.25) is 0 Å². The van der Waals surface area contributed by atoms with Gasteiger partial charge in [-0.3, -0.25) is 19.3 Å². The van der Waals surface area contributed by atoms with Crippen LogP contribution < -0.4 is 0 Å². The second-order valence-corrected chi connectivity index (χ2v) is 7.18. The van der Waals surface area contributed by atoms with Crippen molar-refractivity contribution < 1.29 is 14.4 Å². The maximum Gasteiger partial charge on any atom is 0.261 e. The standard InChI is InChI=1S/C17H12ClNO3S/c18-16(22)17(13-6-3-7-23-13)8-10(17)9-19-14(20)11-4-1-2-5-12(11)15(19)21/h1-7,10H,8-9H2/t10-,17-/m0/s1. The van der Waals surface area contributed by atoms with E-state index in [2.05, 4.69) is 0 Å². The van der Waals surface area contributed by atoms with Crippen LogP contribution >= 0.6 is 22.9 Å². The van der Waals surface area contributed by atoms with Crippen molar-refractivity contribution >= 4 is 40.0 Å². The van der Waals surface area contributed by atoms with Crippen molar-refractivity contribution in [1.82, 2.24) is 4.90 Å². The van der Waals surface area contributed by atoms with Crippen LogP contribution in [-0.4, -0.2) is 28.5 Å². The van der Waals surface area contributed by atoms with E-state index in [1.807, 2.05) is 17.5 Å². The number of fused-ring (bicyclic) bond motifs is 1. The van der Waals surface area contributed by atoms with Gasteiger partial charge in [-0.15, -0.1) is 11.3 Å². The fourth-order valence-electron chi connectivity index (χ4n) is 3.35. The van der Waals surface area contributed by atoms with E-state index in [1.165, 1.54) is 16.2 Å². The van der Waals surface area contributed by atoms with Gasteiger partial charge in [-0.25, -0.2) is 0 Å². The Balaban J connectivity index is 1.60. The molecule has 4 rings (SSSR count). The third kappa shape index (κ3) is 2.00. The van der Waals surface area contributed by atoms with Gasteiger partial charge < -0.3 is 0 Å². The Morgan fingerprint density at radius 2 is 1.83 bits per heavy atom. The van der Waals surface area contributed by atoms with Gasteiger partial charge >= 0.3 is 0 Å².